The second kappa shape index (κ2) is 10.9. The number of nitrogens with one attached hydrogen (secondary N) is 1. The third-order valence-corrected chi connectivity index (χ3v) is 5.02. The van der Waals surface area contributed by atoms with Crippen molar-refractivity contribution in [2.75, 3.05) is 26.2 Å². The minimum absolute atomic E-state index is 0. The summed E-state index contributed by atoms with van der Waals surface area (Å²) in [6.07, 6.45) is 3.84. The molecule has 0 radical (unpaired) electrons. The predicted octanol–water partition coefficient (Wildman–Crippen LogP) is 4.67. The van der Waals surface area contributed by atoms with Gasteiger partial charge < -0.3 is 10.4 Å². The Morgan fingerprint density at radius 2 is 1.82 bits per heavy atom. The van der Waals surface area contributed by atoms with Crippen LogP contribution in [0.2, 0.25) is 0 Å². The summed E-state index contributed by atoms with van der Waals surface area (Å²) in [5.74, 6) is 0.340. The van der Waals surface area contributed by atoms with Crippen LogP contribution < -0.4 is 5.32 Å². The van der Waals surface area contributed by atoms with Crippen LogP contribution >= 0.6 is 56.7 Å². The van der Waals surface area contributed by atoms with Gasteiger partial charge in [-0.3, -0.25) is 4.90 Å². The number of halogens is 4. The van der Waals surface area contributed by atoms with Gasteiger partial charge in [-0.05, 0) is 40.9 Å². The van der Waals surface area contributed by atoms with E-state index in [9.17, 15) is 5.11 Å². The van der Waals surface area contributed by atoms with Gasteiger partial charge >= 0.3 is 0 Å². The van der Waals surface area contributed by atoms with Crippen molar-refractivity contribution in [1.29, 1.82) is 0 Å². The van der Waals surface area contributed by atoms with Gasteiger partial charge in [-0.2, -0.15) is 0 Å². The number of benzene rings is 1. The molecule has 0 saturated carbocycles. The highest BCUT2D eigenvalue weighted by Crippen LogP contribution is 2.41. The normalized spacial score (nSPS) is 16.3. The van der Waals surface area contributed by atoms with Crippen LogP contribution in [0.4, 0.5) is 0 Å². The quantitative estimate of drug-likeness (QED) is 0.606. The van der Waals surface area contributed by atoms with Gasteiger partial charge in [0.2, 0.25) is 0 Å². The van der Waals surface area contributed by atoms with Crippen LogP contribution in [0.15, 0.2) is 33.7 Å². The summed E-state index contributed by atoms with van der Waals surface area (Å²) in [7, 11) is 0. The molecule has 7 heteroatoms. The Kier molecular flexibility index (Phi) is 11.0. The highest BCUT2D eigenvalue weighted by Gasteiger charge is 2.26. The lowest BCUT2D eigenvalue weighted by Crippen LogP contribution is -2.45. The van der Waals surface area contributed by atoms with E-state index in [2.05, 4.69) is 48.7 Å². The molecule has 0 bridgehead atoms. The van der Waals surface area contributed by atoms with Crippen molar-refractivity contribution >= 4 is 56.7 Å². The van der Waals surface area contributed by atoms with Gasteiger partial charge in [0, 0.05) is 42.3 Å². The Balaban J connectivity index is 0.00000220. The molecule has 1 atom stereocenters. The number of hydrogen-bond donors (Lipinski definition) is 2. The maximum atomic E-state index is 10.4. The fraction of sp³-hybridized carbons (Fsp3) is 0.467. The number of phenols is 1. The van der Waals surface area contributed by atoms with E-state index in [0.717, 1.165) is 53.5 Å². The molecule has 1 saturated heterocycles. The van der Waals surface area contributed by atoms with Crippen LogP contribution in [-0.2, 0) is 0 Å². The summed E-state index contributed by atoms with van der Waals surface area (Å²) < 4.78 is 1.71. The molecule has 0 spiro atoms. The van der Waals surface area contributed by atoms with E-state index < -0.39 is 0 Å². The zero-order valence-electron chi connectivity index (χ0n) is 12.2. The maximum Gasteiger partial charge on any atom is 0.135 e. The third-order valence-electron chi connectivity index (χ3n) is 3.68. The Bertz CT molecular complexity index is 483. The van der Waals surface area contributed by atoms with Crippen molar-refractivity contribution in [3.05, 3.63) is 39.3 Å². The Hall–Kier alpha value is 0.220. The highest BCUT2D eigenvalue weighted by molar-refractivity contribution is 9.11. The summed E-state index contributed by atoms with van der Waals surface area (Å²) in [6.45, 7) is 7.81. The number of allylic oxidation sites excluding steroid dienone is 1. The van der Waals surface area contributed by atoms with Gasteiger partial charge in [-0.25, -0.2) is 0 Å². The molecule has 1 heterocycles. The minimum atomic E-state index is 0. The van der Waals surface area contributed by atoms with Crippen molar-refractivity contribution in [1.82, 2.24) is 10.2 Å². The standard InChI is InChI=1S/C15H20Br2N2O.2ClH/c1-2-3-4-13(19-9-7-18-8-10-19)14-11(16)5-6-12(17)15(14)20;;/h2,5-6,13,18,20H,1,3-4,7-10H2;2*1H/t13-;;/m1../s1. The summed E-state index contributed by atoms with van der Waals surface area (Å²) in [5, 5.41) is 13.8. The fourth-order valence-corrected chi connectivity index (χ4v) is 3.58. The molecule has 1 aliphatic rings. The smallest absolute Gasteiger partial charge is 0.135 e. The maximum absolute atomic E-state index is 10.4. The molecule has 0 aliphatic carbocycles. The van der Waals surface area contributed by atoms with E-state index in [1.165, 1.54) is 0 Å². The van der Waals surface area contributed by atoms with Crippen molar-refractivity contribution < 1.29 is 5.11 Å². The van der Waals surface area contributed by atoms with Crippen LogP contribution in [0, 0.1) is 0 Å². The summed E-state index contributed by atoms with van der Waals surface area (Å²) in [5.41, 5.74) is 0.975. The largest absolute Gasteiger partial charge is 0.506 e. The third kappa shape index (κ3) is 5.39. The molecule has 3 nitrogen and oxygen atoms in total. The van der Waals surface area contributed by atoms with E-state index in [1.54, 1.807) is 0 Å². The lowest BCUT2D eigenvalue weighted by Gasteiger charge is -2.36. The topological polar surface area (TPSA) is 35.5 Å². The lowest BCUT2D eigenvalue weighted by atomic mass is 9.98. The number of aromatic hydroxyl groups is 1. The number of phenolic OH excluding ortho intramolecular Hbond substituents is 1. The zero-order chi connectivity index (χ0) is 14.5. The number of hydrogen-bond acceptors (Lipinski definition) is 3. The Morgan fingerprint density at radius 1 is 1.23 bits per heavy atom. The van der Waals surface area contributed by atoms with Crippen LogP contribution in [0.3, 0.4) is 0 Å². The van der Waals surface area contributed by atoms with E-state index in [-0.39, 0.29) is 30.9 Å². The fourth-order valence-electron chi connectivity index (χ4n) is 2.65. The molecular weight excluding hydrogens is 455 g/mol. The van der Waals surface area contributed by atoms with Crippen LogP contribution in [0.25, 0.3) is 0 Å². The van der Waals surface area contributed by atoms with Crippen molar-refractivity contribution in [2.45, 2.75) is 18.9 Å². The van der Waals surface area contributed by atoms with Gasteiger partial charge in [0.15, 0.2) is 0 Å². The lowest BCUT2D eigenvalue weighted by molar-refractivity contribution is 0.163. The summed E-state index contributed by atoms with van der Waals surface area (Å²) >= 11 is 7.01. The second-order valence-electron chi connectivity index (χ2n) is 4.96. The molecular formula is C15H22Br2Cl2N2O. The minimum Gasteiger partial charge on any atom is -0.506 e. The number of nitrogens with zero attached hydrogens (tertiary/aromatic N) is 1. The first-order valence-electron chi connectivity index (χ1n) is 6.87. The molecule has 2 N–H and O–H groups in total. The first kappa shape index (κ1) is 22.2. The van der Waals surface area contributed by atoms with Crippen LogP contribution in [-0.4, -0.2) is 36.2 Å². The first-order chi connectivity index (χ1) is 9.65. The Labute approximate surface area is 161 Å². The van der Waals surface area contributed by atoms with Gasteiger partial charge in [0.25, 0.3) is 0 Å². The number of piperazine rings is 1. The zero-order valence-corrected chi connectivity index (χ0v) is 17.0. The van der Waals surface area contributed by atoms with Crippen molar-refractivity contribution in [3.8, 4) is 5.75 Å². The van der Waals surface area contributed by atoms with E-state index in [1.807, 2.05) is 18.2 Å². The van der Waals surface area contributed by atoms with E-state index in [0.29, 0.717) is 5.75 Å². The van der Waals surface area contributed by atoms with Gasteiger partial charge in [0.05, 0.1) is 4.47 Å². The second-order valence-corrected chi connectivity index (χ2v) is 6.67. The highest BCUT2D eigenvalue weighted by atomic mass is 79.9. The molecule has 0 aromatic heterocycles. The molecule has 1 aromatic carbocycles. The van der Waals surface area contributed by atoms with Crippen LogP contribution in [0.5, 0.6) is 5.75 Å². The van der Waals surface area contributed by atoms with Gasteiger partial charge in [0.1, 0.15) is 5.75 Å². The summed E-state index contributed by atoms with van der Waals surface area (Å²) in [6, 6.07) is 4.06. The van der Waals surface area contributed by atoms with E-state index in [4.69, 9.17) is 0 Å². The first-order valence-corrected chi connectivity index (χ1v) is 8.46. The molecule has 0 amide bonds. The predicted molar refractivity (Wildman–Crippen MR) is 105 cm³/mol. The van der Waals surface area contributed by atoms with Gasteiger partial charge in [-0.1, -0.05) is 22.0 Å². The van der Waals surface area contributed by atoms with Crippen molar-refractivity contribution in [3.63, 3.8) is 0 Å². The summed E-state index contributed by atoms with van der Waals surface area (Å²) in [4.78, 5) is 2.44. The molecule has 126 valence electrons. The Morgan fingerprint density at radius 3 is 2.41 bits per heavy atom. The SMILES string of the molecule is C=CCC[C@H](c1c(Br)ccc(Br)c1O)N1CCNCC1.Cl.Cl. The molecule has 1 aromatic rings. The molecule has 1 fully saturated rings. The molecule has 22 heavy (non-hydrogen) atoms. The van der Waals surface area contributed by atoms with E-state index >= 15 is 0 Å². The average Bonchev–Trinajstić information content (AvgIpc) is 2.47. The van der Waals surface area contributed by atoms with Gasteiger partial charge in [-0.15, -0.1) is 31.4 Å². The molecule has 2 rings (SSSR count). The molecule has 0 unspecified atom stereocenters. The molecule has 1 aliphatic heterocycles. The van der Waals surface area contributed by atoms with Crippen molar-refractivity contribution in [2.24, 2.45) is 0 Å². The number of rotatable bonds is 5. The van der Waals surface area contributed by atoms with Crippen LogP contribution in [0.1, 0.15) is 24.4 Å². The average molecular weight is 477 g/mol. The monoisotopic (exact) mass is 474 g/mol.